The Hall–Kier alpha value is -0.690. The first-order valence-corrected chi connectivity index (χ1v) is 6.67. The van der Waals surface area contributed by atoms with Gasteiger partial charge in [0.2, 0.25) is 10.0 Å². The fourth-order valence-electron chi connectivity index (χ4n) is 1.32. The lowest BCUT2D eigenvalue weighted by Gasteiger charge is -2.19. The van der Waals surface area contributed by atoms with Crippen molar-refractivity contribution in [3.05, 3.63) is 29.0 Å². The predicted molar refractivity (Wildman–Crippen MR) is 62.9 cm³/mol. The molecule has 0 fully saturated rings. The third-order valence-electron chi connectivity index (χ3n) is 2.13. The van der Waals surface area contributed by atoms with Gasteiger partial charge in [-0.3, -0.25) is 0 Å². The zero-order valence-electron chi connectivity index (χ0n) is 9.39. The lowest BCUT2D eigenvalue weighted by atomic mass is 10.3. The topological polar surface area (TPSA) is 57.6 Å². The predicted octanol–water partition coefficient (Wildman–Crippen LogP) is 1.48. The molecule has 17 heavy (non-hydrogen) atoms. The largest absolute Gasteiger partial charge is 0.392 e. The van der Waals surface area contributed by atoms with Gasteiger partial charge in [0.05, 0.1) is 11.1 Å². The molecule has 0 saturated heterocycles. The Labute approximate surface area is 105 Å². The summed E-state index contributed by atoms with van der Waals surface area (Å²) in [5.74, 6) is -0.980. The lowest BCUT2D eigenvalue weighted by Crippen LogP contribution is -2.33. The second-order valence-electron chi connectivity index (χ2n) is 3.69. The molecule has 0 heterocycles. The molecule has 1 N–H and O–H groups in total. The van der Waals surface area contributed by atoms with Crippen LogP contribution in [-0.4, -0.2) is 37.5 Å². The highest BCUT2D eigenvalue weighted by atomic mass is 35.5. The average molecular weight is 282 g/mol. The highest BCUT2D eigenvalue weighted by Gasteiger charge is 2.26. The van der Waals surface area contributed by atoms with Gasteiger partial charge in [0.1, 0.15) is 4.90 Å². The Balaban J connectivity index is 3.18. The van der Waals surface area contributed by atoms with Crippen molar-refractivity contribution in [1.29, 1.82) is 0 Å². The van der Waals surface area contributed by atoms with Crippen molar-refractivity contribution in [2.75, 3.05) is 13.6 Å². The van der Waals surface area contributed by atoms with Gasteiger partial charge < -0.3 is 5.11 Å². The SMILES string of the molecule is CC(O)CN(C)S(=O)(=O)c1cccc(Cl)c1F. The van der Waals surface area contributed by atoms with E-state index in [-0.39, 0.29) is 11.6 Å². The molecule has 1 aromatic carbocycles. The molecule has 0 bridgehead atoms. The van der Waals surface area contributed by atoms with Crippen LogP contribution in [0.15, 0.2) is 23.1 Å². The summed E-state index contributed by atoms with van der Waals surface area (Å²) in [6, 6.07) is 3.76. The van der Waals surface area contributed by atoms with Crippen LogP contribution in [0, 0.1) is 5.82 Å². The van der Waals surface area contributed by atoms with E-state index in [0.717, 1.165) is 10.4 Å². The van der Waals surface area contributed by atoms with Crippen LogP contribution in [0.25, 0.3) is 0 Å². The number of aliphatic hydroxyl groups excluding tert-OH is 1. The summed E-state index contributed by atoms with van der Waals surface area (Å²) in [4.78, 5) is -0.492. The molecule has 96 valence electrons. The molecule has 7 heteroatoms. The van der Waals surface area contributed by atoms with Crippen LogP contribution < -0.4 is 0 Å². The van der Waals surface area contributed by atoms with Crippen molar-refractivity contribution in [2.45, 2.75) is 17.9 Å². The van der Waals surface area contributed by atoms with Gasteiger partial charge in [-0.05, 0) is 19.1 Å². The van der Waals surface area contributed by atoms with Gasteiger partial charge in [-0.25, -0.2) is 12.8 Å². The van der Waals surface area contributed by atoms with Crippen molar-refractivity contribution in [3.63, 3.8) is 0 Å². The Kier molecular flexibility index (Phi) is 4.48. The first-order valence-electron chi connectivity index (χ1n) is 4.85. The molecule has 0 spiro atoms. The number of likely N-dealkylation sites (N-methyl/N-ethyl adjacent to an activating group) is 1. The fraction of sp³-hybridized carbons (Fsp3) is 0.400. The van der Waals surface area contributed by atoms with Crippen LogP contribution in [0.3, 0.4) is 0 Å². The Morgan fingerprint density at radius 2 is 2.12 bits per heavy atom. The maximum Gasteiger partial charge on any atom is 0.245 e. The van der Waals surface area contributed by atoms with Crippen molar-refractivity contribution in [3.8, 4) is 0 Å². The zero-order valence-corrected chi connectivity index (χ0v) is 11.0. The summed E-state index contributed by atoms with van der Waals surface area (Å²) in [5, 5.41) is 8.88. The van der Waals surface area contributed by atoms with Crippen LogP contribution in [0.2, 0.25) is 5.02 Å². The fourth-order valence-corrected chi connectivity index (χ4v) is 2.89. The molecule has 0 aliphatic heterocycles. The monoisotopic (exact) mass is 281 g/mol. The molecule has 1 rings (SSSR count). The molecular weight excluding hydrogens is 269 g/mol. The lowest BCUT2D eigenvalue weighted by molar-refractivity contribution is 0.171. The van der Waals surface area contributed by atoms with E-state index < -0.39 is 26.8 Å². The van der Waals surface area contributed by atoms with Crippen molar-refractivity contribution in [1.82, 2.24) is 4.31 Å². The third-order valence-corrected chi connectivity index (χ3v) is 4.26. The second kappa shape index (κ2) is 5.30. The van der Waals surface area contributed by atoms with E-state index in [9.17, 15) is 12.8 Å². The molecular formula is C10H13ClFNO3S. The van der Waals surface area contributed by atoms with Crippen molar-refractivity contribution >= 4 is 21.6 Å². The number of halogens is 2. The summed E-state index contributed by atoms with van der Waals surface area (Å²) in [5.41, 5.74) is 0. The van der Waals surface area contributed by atoms with Crippen LogP contribution >= 0.6 is 11.6 Å². The molecule has 0 aromatic heterocycles. The van der Waals surface area contributed by atoms with Gasteiger partial charge in [0, 0.05) is 13.6 Å². The van der Waals surface area contributed by atoms with Crippen molar-refractivity contribution in [2.24, 2.45) is 0 Å². The quantitative estimate of drug-likeness (QED) is 0.909. The van der Waals surface area contributed by atoms with Gasteiger partial charge in [-0.15, -0.1) is 0 Å². The molecule has 1 unspecified atom stereocenters. The van der Waals surface area contributed by atoms with E-state index >= 15 is 0 Å². The number of aliphatic hydroxyl groups is 1. The zero-order chi connectivity index (χ0) is 13.2. The van der Waals surface area contributed by atoms with E-state index in [0.29, 0.717) is 0 Å². The van der Waals surface area contributed by atoms with Gasteiger partial charge >= 0.3 is 0 Å². The van der Waals surface area contributed by atoms with E-state index in [2.05, 4.69) is 0 Å². The van der Waals surface area contributed by atoms with E-state index in [1.807, 2.05) is 0 Å². The van der Waals surface area contributed by atoms with Crippen LogP contribution in [-0.2, 0) is 10.0 Å². The van der Waals surface area contributed by atoms with Gasteiger partial charge in [0.15, 0.2) is 5.82 Å². The third kappa shape index (κ3) is 3.16. The highest BCUT2D eigenvalue weighted by molar-refractivity contribution is 7.89. The summed E-state index contributed by atoms with van der Waals surface area (Å²) in [6.45, 7) is 1.33. The summed E-state index contributed by atoms with van der Waals surface area (Å²) >= 11 is 5.52. The molecule has 0 radical (unpaired) electrons. The van der Waals surface area contributed by atoms with Crippen LogP contribution in [0.5, 0.6) is 0 Å². The molecule has 0 saturated carbocycles. The van der Waals surface area contributed by atoms with E-state index in [1.165, 1.54) is 26.1 Å². The number of nitrogens with zero attached hydrogens (tertiary/aromatic N) is 1. The van der Waals surface area contributed by atoms with Gasteiger partial charge in [0.25, 0.3) is 0 Å². The van der Waals surface area contributed by atoms with E-state index in [4.69, 9.17) is 16.7 Å². The molecule has 4 nitrogen and oxygen atoms in total. The Morgan fingerprint density at radius 1 is 1.53 bits per heavy atom. The van der Waals surface area contributed by atoms with Gasteiger partial charge in [-0.2, -0.15) is 4.31 Å². The number of benzene rings is 1. The summed E-state index contributed by atoms with van der Waals surface area (Å²) in [7, 11) is -2.71. The minimum absolute atomic E-state index is 0.117. The first-order chi connectivity index (χ1) is 7.76. The molecule has 0 amide bonds. The minimum atomic E-state index is -3.97. The maximum atomic E-state index is 13.6. The van der Waals surface area contributed by atoms with Crippen molar-refractivity contribution < 1.29 is 17.9 Å². The molecule has 1 atom stereocenters. The Morgan fingerprint density at radius 3 is 2.65 bits per heavy atom. The maximum absolute atomic E-state index is 13.6. The van der Waals surface area contributed by atoms with Gasteiger partial charge in [-0.1, -0.05) is 17.7 Å². The van der Waals surface area contributed by atoms with Crippen LogP contribution in [0.4, 0.5) is 4.39 Å². The van der Waals surface area contributed by atoms with Crippen LogP contribution in [0.1, 0.15) is 6.92 Å². The number of hydrogen-bond acceptors (Lipinski definition) is 3. The van der Waals surface area contributed by atoms with E-state index in [1.54, 1.807) is 0 Å². The summed E-state index contributed by atoms with van der Waals surface area (Å²) < 4.78 is 38.4. The Bertz CT molecular complexity index is 504. The second-order valence-corrected chi connectivity index (χ2v) is 6.11. The normalized spacial score (nSPS) is 14.0. The smallest absolute Gasteiger partial charge is 0.245 e. The minimum Gasteiger partial charge on any atom is -0.392 e. The number of rotatable bonds is 4. The molecule has 0 aliphatic carbocycles. The average Bonchev–Trinajstić information content (AvgIpc) is 2.20. The summed E-state index contributed by atoms with van der Waals surface area (Å²) in [6.07, 6.45) is -0.836. The first kappa shape index (κ1) is 14.4. The number of sulfonamides is 1. The molecule has 0 aliphatic rings. The highest BCUT2D eigenvalue weighted by Crippen LogP contribution is 2.24. The standard InChI is InChI=1S/C10H13ClFNO3S/c1-7(14)6-13(2)17(15,16)9-5-3-4-8(11)10(9)12/h3-5,7,14H,6H2,1-2H3. The molecule has 1 aromatic rings. The number of hydrogen-bond donors (Lipinski definition) is 1.